The summed E-state index contributed by atoms with van der Waals surface area (Å²) in [6.45, 7) is 1.88. The molecule has 44 heavy (non-hydrogen) atoms. The van der Waals surface area contributed by atoms with Crippen molar-refractivity contribution in [2.45, 2.75) is 13.1 Å². The first-order chi connectivity index (χ1) is 21.1. The van der Waals surface area contributed by atoms with E-state index in [1.807, 2.05) is 0 Å². The van der Waals surface area contributed by atoms with E-state index < -0.39 is 29.4 Å². The van der Waals surface area contributed by atoms with Gasteiger partial charge < -0.3 is 14.5 Å². The van der Waals surface area contributed by atoms with Crippen molar-refractivity contribution >= 4 is 40.6 Å². The Morgan fingerprint density at radius 2 is 1.75 bits per heavy atom. The number of hydrazone groups is 1. The molecule has 1 aromatic heterocycles. The molecule has 0 aliphatic rings. The smallest absolute Gasteiger partial charge is 0.416 e. The topological polar surface area (TPSA) is 92.8 Å². The maximum absolute atomic E-state index is 14.6. The summed E-state index contributed by atoms with van der Waals surface area (Å²) in [6.07, 6.45) is -3.32. The number of carbonyl (C=O) groups excluding carboxylic acids is 2. The van der Waals surface area contributed by atoms with Gasteiger partial charge in [-0.25, -0.2) is 14.6 Å². The molecule has 0 saturated carbocycles. The second kappa shape index (κ2) is 12.6. The van der Waals surface area contributed by atoms with E-state index in [0.717, 1.165) is 12.1 Å². The first kappa shape index (κ1) is 30.3. The number of hydrogen-bond acceptors (Lipinski definition) is 5. The summed E-state index contributed by atoms with van der Waals surface area (Å²) in [5.74, 6) is -2.12. The molecule has 7 nitrogen and oxygen atoms in total. The van der Waals surface area contributed by atoms with Crippen LogP contribution in [-0.2, 0) is 6.18 Å². The van der Waals surface area contributed by atoms with E-state index in [-0.39, 0.29) is 34.9 Å². The predicted molar refractivity (Wildman–Crippen MR) is 158 cm³/mol. The number of alkyl halides is 3. The molecule has 4 aromatic carbocycles. The Labute approximate surface area is 253 Å². The molecule has 0 spiro atoms. The Bertz CT molecular complexity index is 1900. The predicted octanol–water partition coefficient (Wildman–Crippen LogP) is 8.03. The minimum atomic E-state index is -4.62. The van der Waals surface area contributed by atoms with Gasteiger partial charge in [0.05, 0.1) is 29.5 Å². The fourth-order valence-corrected chi connectivity index (χ4v) is 4.69. The van der Waals surface area contributed by atoms with E-state index in [1.165, 1.54) is 42.6 Å². The number of benzene rings is 4. The summed E-state index contributed by atoms with van der Waals surface area (Å²) in [6, 6.07) is 19.6. The third kappa shape index (κ3) is 6.42. The second-order valence-corrected chi connectivity index (χ2v) is 9.73. The summed E-state index contributed by atoms with van der Waals surface area (Å²) >= 11 is 6.40. The van der Waals surface area contributed by atoms with Gasteiger partial charge in [-0.3, -0.25) is 4.79 Å². The third-order valence-corrected chi connectivity index (χ3v) is 6.76. The maximum Gasteiger partial charge on any atom is 0.416 e. The molecule has 2 N–H and O–H groups in total. The zero-order chi connectivity index (χ0) is 31.4. The van der Waals surface area contributed by atoms with E-state index in [9.17, 15) is 27.2 Å². The van der Waals surface area contributed by atoms with Crippen LogP contribution in [0, 0.1) is 5.82 Å². The molecule has 0 atom stereocenters. The minimum absolute atomic E-state index is 0.0278. The number of aromatic amines is 1. The van der Waals surface area contributed by atoms with Crippen LogP contribution < -0.4 is 14.9 Å². The zero-order valence-corrected chi connectivity index (χ0v) is 23.6. The fourth-order valence-electron chi connectivity index (χ4n) is 4.46. The van der Waals surface area contributed by atoms with E-state index in [0.29, 0.717) is 33.2 Å². The number of carbonyl (C=O) groups is 2. The van der Waals surface area contributed by atoms with Gasteiger partial charge in [-0.15, -0.1) is 0 Å². The SMILES string of the molecule is CCOc1cc(C=NNC(=O)c2[nH]c3c(F)cccc3c2-c2ccccc2Cl)ccc1OC(=O)c1cccc(C(F)(F)F)c1. The lowest BCUT2D eigenvalue weighted by molar-refractivity contribution is -0.137. The zero-order valence-electron chi connectivity index (χ0n) is 22.8. The van der Waals surface area contributed by atoms with E-state index in [4.69, 9.17) is 21.1 Å². The summed E-state index contributed by atoms with van der Waals surface area (Å²) in [4.78, 5) is 28.6. The molecular weight excluding hydrogens is 602 g/mol. The molecule has 5 aromatic rings. The number of fused-ring (bicyclic) bond motifs is 1. The Kier molecular flexibility index (Phi) is 8.68. The number of halogens is 5. The molecule has 0 aliphatic heterocycles. The molecule has 0 radical (unpaired) electrons. The van der Waals surface area contributed by atoms with Gasteiger partial charge in [-0.1, -0.05) is 48.0 Å². The lowest BCUT2D eigenvalue weighted by Crippen LogP contribution is -2.19. The normalized spacial score (nSPS) is 11.6. The quantitative estimate of drug-likeness (QED) is 0.0602. The Morgan fingerprint density at radius 1 is 0.977 bits per heavy atom. The summed E-state index contributed by atoms with van der Waals surface area (Å²) < 4.78 is 64.6. The number of aromatic nitrogens is 1. The summed E-state index contributed by atoms with van der Waals surface area (Å²) in [5.41, 5.74) is 2.68. The highest BCUT2D eigenvalue weighted by molar-refractivity contribution is 6.34. The van der Waals surface area contributed by atoms with Crippen LogP contribution in [0.5, 0.6) is 11.5 Å². The largest absolute Gasteiger partial charge is 0.490 e. The third-order valence-electron chi connectivity index (χ3n) is 6.43. The fraction of sp³-hybridized carbons (Fsp3) is 0.0938. The van der Waals surface area contributed by atoms with Crippen molar-refractivity contribution in [3.63, 3.8) is 0 Å². The average molecular weight is 624 g/mol. The summed E-state index contributed by atoms with van der Waals surface area (Å²) in [7, 11) is 0. The monoisotopic (exact) mass is 623 g/mol. The van der Waals surface area contributed by atoms with Crippen molar-refractivity contribution in [3.8, 4) is 22.6 Å². The highest BCUT2D eigenvalue weighted by atomic mass is 35.5. The van der Waals surface area contributed by atoms with Gasteiger partial charge in [0, 0.05) is 21.5 Å². The molecule has 0 unspecified atom stereocenters. The molecule has 0 fully saturated rings. The molecule has 12 heteroatoms. The van der Waals surface area contributed by atoms with Gasteiger partial charge in [-0.2, -0.15) is 18.3 Å². The van der Waals surface area contributed by atoms with Crippen LogP contribution in [-0.4, -0.2) is 29.7 Å². The van der Waals surface area contributed by atoms with Crippen LogP contribution in [0.1, 0.15) is 38.9 Å². The number of rotatable bonds is 8. The van der Waals surface area contributed by atoms with Crippen molar-refractivity contribution in [2.24, 2.45) is 5.10 Å². The van der Waals surface area contributed by atoms with Crippen molar-refractivity contribution < 1.29 is 36.6 Å². The molecule has 0 bridgehead atoms. The highest BCUT2D eigenvalue weighted by Gasteiger charge is 2.31. The van der Waals surface area contributed by atoms with Gasteiger partial charge in [-0.05, 0) is 61.0 Å². The van der Waals surface area contributed by atoms with E-state index >= 15 is 0 Å². The standard InChI is InChI=1S/C32H22ClF4N3O4/c1-2-43-26-15-18(13-14-25(26)44-31(42)19-7-5-8-20(16-19)32(35,36)37)17-38-40-30(41)29-27(21-9-3-4-11-23(21)33)22-10-6-12-24(34)28(22)39-29/h3-17,39H,2H2,1H3,(H,40,41). The lowest BCUT2D eigenvalue weighted by atomic mass is 10.0. The van der Waals surface area contributed by atoms with Gasteiger partial charge in [0.2, 0.25) is 0 Å². The van der Waals surface area contributed by atoms with Crippen LogP contribution in [0.2, 0.25) is 5.02 Å². The van der Waals surface area contributed by atoms with Crippen LogP contribution >= 0.6 is 11.6 Å². The number of ether oxygens (including phenoxy) is 2. The van der Waals surface area contributed by atoms with Crippen molar-refractivity contribution in [1.29, 1.82) is 0 Å². The van der Waals surface area contributed by atoms with Gasteiger partial charge in [0.25, 0.3) is 5.91 Å². The second-order valence-electron chi connectivity index (χ2n) is 9.32. The van der Waals surface area contributed by atoms with Crippen LogP contribution in [0.3, 0.4) is 0 Å². The number of hydrogen-bond donors (Lipinski definition) is 2. The number of esters is 1. The first-order valence-corrected chi connectivity index (χ1v) is 13.5. The summed E-state index contributed by atoms with van der Waals surface area (Å²) in [5, 5.41) is 4.83. The number of H-pyrrole nitrogens is 1. The van der Waals surface area contributed by atoms with Gasteiger partial charge in [0.15, 0.2) is 11.5 Å². The van der Waals surface area contributed by atoms with Gasteiger partial charge >= 0.3 is 12.1 Å². The van der Waals surface area contributed by atoms with Gasteiger partial charge in [0.1, 0.15) is 11.5 Å². The van der Waals surface area contributed by atoms with Crippen LogP contribution in [0.4, 0.5) is 17.6 Å². The van der Waals surface area contributed by atoms with Crippen LogP contribution in [0.15, 0.2) is 90.0 Å². The number of amides is 1. The van der Waals surface area contributed by atoms with E-state index in [1.54, 1.807) is 37.3 Å². The molecule has 0 aliphatic carbocycles. The maximum atomic E-state index is 14.6. The Morgan fingerprint density at radius 3 is 2.50 bits per heavy atom. The van der Waals surface area contributed by atoms with Crippen LogP contribution in [0.25, 0.3) is 22.0 Å². The van der Waals surface area contributed by atoms with Crippen molar-refractivity contribution in [3.05, 3.63) is 118 Å². The molecule has 1 amide bonds. The molecule has 0 saturated heterocycles. The number of nitrogens with zero attached hydrogens (tertiary/aromatic N) is 1. The minimum Gasteiger partial charge on any atom is -0.490 e. The Hall–Kier alpha value is -5.16. The van der Waals surface area contributed by atoms with E-state index in [2.05, 4.69) is 15.5 Å². The molecular formula is C32H22ClF4N3O4. The molecule has 224 valence electrons. The number of para-hydroxylation sites is 1. The average Bonchev–Trinajstić information content (AvgIpc) is 3.39. The lowest BCUT2D eigenvalue weighted by Gasteiger charge is -2.12. The molecule has 1 heterocycles. The number of nitrogens with one attached hydrogen (secondary N) is 2. The highest BCUT2D eigenvalue weighted by Crippen LogP contribution is 2.37. The van der Waals surface area contributed by atoms with Crippen molar-refractivity contribution in [1.82, 2.24) is 10.4 Å². The first-order valence-electron chi connectivity index (χ1n) is 13.1. The Balaban J connectivity index is 1.37. The van der Waals surface area contributed by atoms with Crippen molar-refractivity contribution in [2.75, 3.05) is 6.61 Å². The molecule has 5 rings (SSSR count).